The number of halogens is 1. The summed E-state index contributed by atoms with van der Waals surface area (Å²) in [7, 11) is 0. The third-order valence-electron chi connectivity index (χ3n) is 4.06. The second-order valence-electron chi connectivity index (χ2n) is 6.27. The van der Waals surface area contributed by atoms with Crippen LogP contribution in [0.1, 0.15) is 20.3 Å². The van der Waals surface area contributed by atoms with Gasteiger partial charge < -0.3 is 14.2 Å². The van der Waals surface area contributed by atoms with Gasteiger partial charge in [-0.15, -0.1) is 0 Å². The minimum atomic E-state index is -0.784. The van der Waals surface area contributed by atoms with Crippen molar-refractivity contribution in [1.82, 2.24) is 4.98 Å². The Kier molecular flexibility index (Phi) is 6.39. The standard InChI is InChI=1S/C22H20FNO5/c1-3-27-22(26)13-20(25)14(2)28-17-6-8-18(9-7-17)29-21-11-4-15-12-16(23)5-10-19(15)24-21/h4-12,14H,3,13H2,1-2H3. The lowest BCUT2D eigenvalue weighted by Gasteiger charge is -2.14. The number of fused-ring (bicyclic) bond motifs is 1. The van der Waals surface area contributed by atoms with Crippen LogP contribution in [0.3, 0.4) is 0 Å². The van der Waals surface area contributed by atoms with Crippen molar-refractivity contribution in [2.24, 2.45) is 0 Å². The Morgan fingerprint density at radius 3 is 2.48 bits per heavy atom. The van der Waals surface area contributed by atoms with Gasteiger partial charge in [-0.25, -0.2) is 9.37 Å². The quantitative estimate of drug-likeness (QED) is 0.413. The zero-order valence-electron chi connectivity index (χ0n) is 16.1. The van der Waals surface area contributed by atoms with Crippen LogP contribution >= 0.6 is 0 Å². The van der Waals surface area contributed by atoms with E-state index in [0.29, 0.717) is 28.3 Å². The van der Waals surface area contributed by atoms with Crippen LogP contribution in [0.4, 0.5) is 4.39 Å². The van der Waals surface area contributed by atoms with Gasteiger partial charge in [-0.3, -0.25) is 9.59 Å². The Hall–Kier alpha value is -3.48. The Balaban J connectivity index is 1.60. The monoisotopic (exact) mass is 397 g/mol. The van der Waals surface area contributed by atoms with Crippen LogP contribution < -0.4 is 9.47 Å². The van der Waals surface area contributed by atoms with Gasteiger partial charge in [0, 0.05) is 11.5 Å². The lowest BCUT2D eigenvalue weighted by Crippen LogP contribution is -2.26. The average molecular weight is 397 g/mol. The number of benzene rings is 2. The molecule has 7 heteroatoms. The molecule has 0 radical (unpaired) electrons. The predicted octanol–water partition coefficient (Wildman–Crippen LogP) is 4.46. The average Bonchev–Trinajstić information content (AvgIpc) is 2.69. The number of hydrogen-bond donors (Lipinski definition) is 0. The summed E-state index contributed by atoms with van der Waals surface area (Å²) in [5, 5.41) is 0.683. The van der Waals surface area contributed by atoms with Crippen LogP contribution in [0, 0.1) is 5.82 Å². The third kappa shape index (κ3) is 5.51. The Morgan fingerprint density at radius 2 is 1.76 bits per heavy atom. The fourth-order valence-corrected chi connectivity index (χ4v) is 2.61. The van der Waals surface area contributed by atoms with E-state index < -0.39 is 12.1 Å². The van der Waals surface area contributed by atoms with Crippen molar-refractivity contribution in [3.05, 3.63) is 60.4 Å². The highest BCUT2D eigenvalue weighted by Gasteiger charge is 2.19. The molecule has 0 spiro atoms. The molecule has 0 aliphatic carbocycles. The van der Waals surface area contributed by atoms with Gasteiger partial charge >= 0.3 is 5.97 Å². The summed E-state index contributed by atoms with van der Waals surface area (Å²) in [6, 6.07) is 14.4. The summed E-state index contributed by atoms with van der Waals surface area (Å²) < 4.78 is 29.3. The van der Waals surface area contributed by atoms with Crippen molar-refractivity contribution >= 4 is 22.7 Å². The van der Waals surface area contributed by atoms with Crippen molar-refractivity contribution in [2.45, 2.75) is 26.4 Å². The minimum absolute atomic E-state index is 0.228. The number of hydrogen-bond acceptors (Lipinski definition) is 6. The van der Waals surface area contributed by atoms with Gasteiger partial charge in [0.2, 0.25) is 5.88 Å². The molecule has 0 fully saturated rings. The van der Waals surface area contributed by atoms with Crippen LogP contribution in [0.2, 0.25) is 0 Å². The first-order valence-electron chi connectivity index (χ1n) is 9.14. The highest BCUT2D eigenvalue weighted by atomic mass is 19.1. The SMILES string of the molecule is CCOC(=O)CC(=O)C(C)Oc1ccc(Oc2ccc3cc(F)ccc3n2)cc1. The summed E-state index contributed by atoms with van der Waals surface area (Å²) in [5.74, 6) is 0.109. The third-order valence-corrected chi connectivity index (χ3v) is 4.06. The van der Waals surface area contributed by atoms with Gasteiger partial charge in [0.1, 0.15) is 23.7 Å². The van der Waals surface area contributed by atoms with E-state index >= 15 is 0 Å². The number of ether oxygens (including phenoxy) is 3. The molecule has 0 saturated carbocycles. The van der Waals surface area contributed by atoms with Crippen LogP contribution in [-0.4, -0.2) is 29.4 Å². The molecular weight excluding hydrogens is 377 g/mol. The van der Waals surface area contributed by atoms with Crippen LogP contribution in [0.5, 0.6) is 17.4 Å². The van der Waals surface area contributed by atoms with Gasteiger partial charge in [0.25, 0.3) is 0 Å². The first-order valence-corrected chi connectivity index (χ1v) is 9.14. The summed E-state index contributed by atoms with van der Waals surface area (Å²) in [6.07, 6.45) is -1.11. The highest BCUT2D eigenvalue weighted by Crippen LogP contribution is 2.25. The molecule has 6 nitrogen and oxygen atoms in total. The molecular formula is C22H20FNO5. The topological polar surface area (TPSA) is 74.7 Å². The molecule has 2 aromatic carbocycles. The summed E-state index contributed by atoms with van der Waals surface area (Å²) in [6.45, 7) is 3.48. The zero-order chi connectivity index (χ0) is 20.8. The molecule has 1 unspecified atom stereocenters. The van der Waals surface area contributed by atoms with Crippen molar-refractivity contribution in [2.75, 3.05) is 6.61 Å². The first-order chi connectivity index (χ1) is 13.9. The van der Waals surface area contributed by atoms with Crippen molar-refractivity contribution in [1.29, 1.82) is 0 Å². The van der Waals surface area contributed by atoms with E-state index in [1.807, 2.05) is 0 Å². The van der Waals surface area contributed by atoms with Crippen LogP contribution in [-0.2, 0) is 14.3 Å². The van der Waals surface area contributed by atoms with Crippen molar-refractivity contribution < 1.29 is 28.2 Å². The number of carbonyl (C=O) groups is 2. The smallest absolute Gasteiger partial charge is 0.313 e. The number of rotatable bonds is 8. The molecule has 3 rings (SSSR count). The molecule has 1 atom stereocenters. The summed E-state index contributed by atoms with van der Waals surface area (Å²) >= 11 is 0. The van der Waals surface area contributed by atoms with E-state index in [0.717, 1.165) is 0 Å². The van der Waals surface area contributed by atoms with E-state index in [-0.39, 0.29) is 24.6 Å². The molecule has 1 aromatic heterocycles. The predicted molar refractivity (Wildman–Crippen MR) is 105 cm³/mol. The molecule has 3 aromatic rings. The Bertz CT molecular complexity index is 1020. The molecule has 0 N–H and O–H groups in total. The molecule has 0 amide bonds. The van der Waals surface area contributed by atoms with E-state index in [1.165, 1.54) is 12.1 Å². The second kappa shape index (κ2) is 9.14. The number of pyridine rings is 1. The van der Waals surface area contributed by atoms with Gasteiger partial charge in [-0.05, 0) is 62.4 Å². The molecule has 29 heavy (non-hydrogen) atoms. The number of Topliss-reactive ketones (excluding diaryl/α,β-unsaturated/α-hetero) is 1. The first kappa shape index (κ1) is 20.3. The lowest BCUT2D eigenvalue weighted by molar-refractivity contribution is -0.146. The minimum Gasteiger partial charge on any atom is -0.483 e. The highest BCUT2D eigenvalue weighted by molar-refractivity contribution is 5.97. The van der Waals surface area contributed by atoms with E-state index in [1.54, 1.807) is 56.3 Å². The van der Waals surface area contributed by atoms with Crippen molar-refractivity contribution in [3.8, 4) is 17.4 Å². The number of aromatic nitrogens is 1. The van der Waals surface area contributed by atoms with E-state index in [4.69, 9.17) is 14.2 Å². The van der Waals surface area contributed by atoms with Gasteiger partial charge in [0.05, 0.1) is 12.1 Å². The number of nitrogens with zero attached hydrogens (tertiary/aromatic N) is 1. The number of carbonyl (C=O) groups excluding carboxylic acids is 2. The van der Waals surface area contributed by atoms with Gasteiger partial charge in [0.15, 0.2) is 11.9 Å². The Labute approximate surface area is 167 Å². The maximum atomic E-state index is 13.2. The number of esters is 1. The summed E-state index contributed by atoms with van der Waals surface area (Å²) in [5.41, 5.74) is 0.623. The number of ketones is 1. The fraction of sp³-hybridized carbons (Fsp3) is 0.227. The molecule has 0 aliphatic rings. The molecule has 0 saturated heterocycles. The van der Waals surface area contributed by atoms with Gasteiger partial charge in [-0.1, -0.05) is 0 Å². The van der Waals surface area contributed by atoms with Gasteiger partial charge in [-0.2, -0.15) is 0 Å². The van der Waals surface area contributed by atoms with E-state index in [2.05, 4.69) is 4.98 Å². The summed E-state index contributed by atoms with van der Waals surface area (Å²) in [4.78, 5) is 27.7. The van der Waals surface area contributed by atoms with Crippen LogP contribution in [0.25, 0.3) is 10.9 Å². The maximum Gasteiger partial charge on any atom is 0.313 e. The normalized spacial score (nSPS) is 11.7. The molecule has 0 aliphatic heterocycles. The lowest BCUT2D eigenvalue weighted by atomic mass is 10.2. The molecule has 150 valence electrons. The molecule has 0 bridgehead atoms. The molecule has 1 heterocycles. The Morgan fingerprint density at radius 1 is 1.03 bits per heavy atom. The second-order valence-corrected chi connectivity index (χ2v) is 6.27. The van der Waals surface area contributed by atoms with Crippen LogP contribution in [0.15, 0.2) is 54.6 Å². The maximum absolute atomic E-state index is 13.2. The zero-order valence-corrected chi connectivity index (χ0v) is 16.1. The van der Waals surface area contributed by atoms with Crippen molar-refractivity contribution in [3.63, 3.8) is 0 Å². The fourth-order valence-electron chi connectivity index (χ4n) is 2.61. The van der Waals surface area contributed by atoms with E-state index in [9.17, 15) is 14.0 Å². The largest absolute Gasteiger partial charge is 0.483 e.